The Morgan fingerprint density at radius 2 is 1.59 bits per heavy atom. The molecule has 0 heterocycles. The fourth-order valence-corrected chi connectivity index (χ4v) is 2.71. The SMILES string of the molecule is CC(C)OC(Cc1ccc(COC(=O)[NH2+]c2ccc(N(C)C)cc2)cc1)C(=O)O. The molecule has 0 radical (unpaired) electrons. The number of hydrogen-bond donors (Lipinski definition) is 2. The Labute approximate surface area is 171 Å². The molecule has 0 aromatic heterocycles. The predicted octanol–water partition coefficient (Wildman–Crippen LogP) is 2.71. The minimum atomic E-state index is -0.981. The van der Waals surface area contributed by atoms with E-state index in [2.05, 4.69) is 0 Å². The number of carbonyl (C=O) groups is 2. The average Bonchev–Trinajstić information content (AvgIpc) is 2.67. The molecule has 0 aliphatic heterocycles. The van der Waals surface area contributed by atoms with E-state index in [1.807, 2.05) is 67.5 Å². The molecule has 156 valence electrons. The van der Waals surface area contributed by atoms with Crippen molar-refractivity contribution in [3.63, 3.8) is 0 Å². The summed E-state index contributed by atoms with van der Waals surface area (Å²) in [6, 6.07) is 14.9. The molecule has 0 fully saturated rings. The van der Waals surface area contributed by atoms with Gasteiger partial charge in [-0.15, -0.1) is 0 Å². The number of carbonyl (C=O) groups excluding carboxylic acids is 1. The maximum Gasteiger partial charge on any atom is 0.518 e. The van der Waals surface area contributed by atoms with E-state index in [9.17, 15) is 14.7 Å². The van der Waals surface area contributed by atoms with E-state index >= 15 is 0 Å². The molecule has 0 spiro atoms. The zero-order valence-electron chi connectivity index (χ0n) is 17.3. The standard InChI is InChI=1S/C22H28N2O5/c1-15(2)29-20(21(25)26)13-16-5-7-17(8-6-16)14-28-22(27)23-18-9-11-19(12-10-18)24(3)4/h5-12,15,20H,13-14H2,1-4H3,(H,23,27)(H,25,26)/p+1. The van der Waals surface area contributed by atoms with E-state index in [4.69, 9.17) is 9.47 Å². The van der Waals surface area contributed by atoms with E-state index in [-0.39, 0.29) is 19.1 Å². The Balaban J connectivity index is 1.84. The first-order chi connectivity index (χ1) is 13.7. The van der Waals surface area contributed by atoms with Crippen molar-refractivity contribution in [3.8, 4) is 0 Å². The lowest BCUT2D eigenvalue weighted by Gasteiger charge is -2.16. The van der Waals surface area contributed by atoms with Gasteiger partial charge in [0.05, 0.1) is 6.10 Å². The van der Waals surface area contributed by atoms with Gasteiger partial charge in [-0.1, -0.05) is 24.3 Å². The number of hydrogen-bond acceptors (Lipinski definition) is 5. The molecule has 1 amide bonds. The molecular formula is C22H29N2O5+. The number of carboxylic acids is 1. The summed E-state index contributed by atoms with van der Waals surface area (Å²) in [7, 11) is 3.91. The van der Waals surface area contributed by atoms with Gasteiger partial charge in [-0.05, 0) is 37.1 Å². The van der Waals surface area contributed by atoms with Gasteiger partial charge in [-0.2, -0.15) is 4.79 Å². The van der Waals surface area contributed by atoms with Gasteiger partial charge in [-0.3, -0.25) is 0 Å². The molecule has 2 aromatic rings. The molecule has 29 heavy (non-hydrogen) atoms. The number of nitrogens with two attached hydrogens (primary N) is 1. The summed E-state index contributed by atoms with van der Waals surface area (Å²) in [5.74, 6) is -0.981. The molecule has 0 saturated carbocycles. The quantitative estimate of drug-likeness (QED) is 0.628. The Bertz CT molecular complexity index is 801. The molecule has 1 unspecified atom stereocenters. The highest BCUT2D eigenvalue weighted by Crippen LogP contribution is 2.13. The molecule has 0 bridgehead atoms. The van der Waals surface area contributed by atoms with E-state index in [1.165, 1.54) is 5.32 Å². The van der Waals surface area contributed by atoms with Crippen LogP contribution in [0.2, 0.25) is 0 Å². The summed E-state index contributed by atoms with van der Waals surface area (Å²) in [6.45, 7) is 3.76. The topological polar surface area (TPSA) is 92.7 Å². The number of quaternary nitrogens is 1. The van der Waals surface area contributed by atoms with Crippen LogP contribution in [0.1, 0.15) is 25.0 Å². The normalized spacial score (nSPS) is 11.9. The Morgan fingerprint density at radius 3 is 2.10 bits per heavy atom. The smallest absolute Gasteiger partial charge is 0.479 e. The molecule has 0 aliphatic carbocycles. The number of ether oxygens (including phenoxy) is 2. The molecule has 7 nitrogen and oxygen atoms in total. The van der Waals surface area contributed by atoms with Crippen molar-refractivity contribution in [2.24, 2.45) is 0 Å². The molecule has 3 N–H and O–H groups in total. The van der Waals surface area contributed by atoms with Gasteiger partial charge in [-0.25, -0.2) is 10.1 Å². The average molecular weight is 401 g/mol. The lowest BCUT2D eigenvalue weighted by molar-refractivity contribution is -0.483. The zero-order valence-corrected chi connectivity index (χ0v) is 17.3. The van der Waals surface area contributed by atoms with Gasteiger partial charge in [0.15, 0.2) is 6.10 Å². The van der Waals surface area contributed by atoms with Crippen molar-refractivity contribution >= 4 is 23.4 Å². The van der Waals surface area contributed by atoms with Gasteiger partial charge in [0.2, 0.25) is 0 Å². The molecule has 1 atom stereocenters. The predicted molar refractivity (Wildman–Crippen MR) is 110 cm³/mol. The van der Waals surface area contributed by atoms with Crippen LogP contribution in [0.15, 0.2) is 48.5 Å². The first-order valence-electron chi connectivity index (χ1n) is 9.49. The number of primary amides is 1. The molecular weight excluding hydrogens is 372 g/mol. The maximum atomic E-state index is 12.0. The van der Waals surface area contributed by atoms with Crippen LogP contribution in [-0.4, -0.2) is 43.5 Å². The van der Waals surface area contributed by atoms with Crippen LogP contribution in [0, 0.1) is 0 Å². The second-order valence-corrected chi connectivity index (χ2v) is 7.27. The summed E-state index contributed by atoms with van der Waals surface area (Å²) in [4.78, 5) is 25.3. The summed E-state index contributed by atoms with van der Waals surface area (Å²) in [6.07, 6.45) is -1.18. The molecule has 0 aliphatic rings. The highest BCUT2D eigenvalue weighted by atomic mass is 16.5. The van der Waals surface area contributed by atoms with E-state index in [1.54, 1.807) is 13.8 Å². The van der Waals surface area contributed by atoms with E-state index in [0.29, 0.717) is 0 Å². The number of anilines is 1. The molecule has 7 heteroatoms. The van der Waals surface area contributed by atoms with Crippen LogP contribution in [-0.2, 0) is 27.3 Å². The number of benzene rings is 2. The summed E-state index contributed by atoms with van der Waals surface area (Å²) >= 11 is 0. The van der Waals surface area contributed by atoms with Crippen molar-refractivity contribution in [1.29, 1.82) is 0 Å². The largest absolute Gasteiger partial charge is 0.518 e. The molecule has 2 rings (SSSR count). The summed E-state index contributed by atoms with van der Waals surface area (Å²) in [5.41, 5.74) is 3.51. The fourth-order valence-electron chi connectivity index (χ4n) is 2.71. The lowest BCUT2D eigenvalue weighted by Crippen LogP contribution is -2.82. The van der Waals surface area contributed by atoms with Gasteiger partial charge >= 0.3 is 12.1 Å². The van der Waals surface area contributed by atoms with Crippen LogP contribution in [0.3, 0.4) is 0 Å². The van der Waals surface area contributed by atoms with E-state index < -0.39 is 18.2 Å². The Hall–Kier alpha value is -2.90. The fraction of sp³-hybridized carbons (Fsp3) is 0.364. The van der Waals surface area contributed by atoms with Crippen molar-refractivity contribution in [2.75, 3.05) is 19.0 Å². The van der Waals surface area contributed by atoms with Crippen molar-refractivity contribution in [2.45, 2.75) is 39.1 Å². The number of carboxylic acid groups (broad SMARTS) is 1. The Morgan fingerprint density at radius 1 is 1.00 bits per heavy atom. The maximum absolute atomic E-state index is 12.0. The van der Waals surface area contributed by atoms with Crippen LogP contribution < -0.4 is 10.2 Å². The monoisotopic (exact) mass is 401 g/mol. The number of nitrogens with zero attached hydrogens (tertiary/aromatic N) is 1. The highest BCUT2D eigenvalue weighted by molar-refractivity contribution is 5.72. The minimum Gasteiger partial charge on any atom is -0.479 e. The molecule has 2 aromatic carbocycles. The van der Waals surface area contributed by atoms with Gasteiger partial charge in [0.25, 0.3) is 0 Å². The van der Waals surface area contributed by atoms with Gasteiger partial charge in [0.1, 0.15) is 12.3 Å². The third kappa shape index (κ3) is 7.56. The number of rotatable bonds is 9. The van der Waals surface area contributed by atoms with Crippen LogP contribution in [0.25, 0.3) is 0 Å². The summed E-state index contributed by atoms with van der Waals surface area (Å²) < 4.78 is 10.7. The second-order valence-electron chi connectivity index (χ2n) is 7.27. The van der Waals surface area contributed by atoms with Crippen LogP contribution in [0.4, 0.5) is 16.2 Å². The zero-order chi connectivity index (χ0) is 21.4. The highest BCUT2D eigenvalue weighted by Gasteiger charge is 2.20. The third-order valence-corrected chi connectivity index (χ3v) is 4.23. The van der Waals surface area contributed by atoms with Gasteiger partial charge < -0.3 is 19.5 Å². The Kier molecular flexibility index (Phi) is 8.18. The first kappa shape index (κ1) is 22.4. The van der Waals surface area contributed by atoms with Crippen LogP contribution >= 0.6 is 0 Å². The van der Waals surface area contributed by atoms with Crippen LogP contribution in [0.5, 0.6) is 0 Å². The minimum absolute atomic E-state index is 0.149. The number of amides is 1. The number of aliphatic carboxylic acids is 1. The first-order valence-corrected chi connectivity index (χ1v) is 9.49. The summed E-state index contributed by atoms with van der Waals surface area (Å²) in [5, 5.41) is 10.7. The third-order valence-electron chi connectivity index (χ3n) is 4.23. The van der Waals surface area contributed by atoms with E-state index in [0.717, 1.165) is 22.5 Å². The lowest BCUT2D eigenvalue weighted by atomic mass is 10.1. The second kappa shape index (κ2) is 10.6. The molecule has 0 saturated heterocycles. The van der Waals surface area contributed by atoms with Crippen molar-refractivity contribution in [3.05, 3.63) is 59.7 Å². The van der Waals surface area contributed by atoms with Crippen molar-refractivity contribution in [1.82, 2.24) is 0 Å². The van der Waals surface area contributed by atoms with Gasteiger partial charge in [0, 0.05) is 38.3 Å². The van der Waals surface area contributed by atoms with Crippen molar-refractivity contribution < 1.29 is 29.5 Å².